The normalized spacial score (nSPS) is 41.8. The number of fused-ring (bicyclic) bond motifs is 7. The van der Waals surface area contributed by atoms with Crippen LogP contribution in [0.3, 0.4) is 0 Å². The molecule has 0 aliphatic carbocycles. The Bertz CT molecular complexity index is 157. The molecule has 3 aliphatic rings. The standard InChI is InChI=1S/C10H20FP2/c11-13-8-2-1-5-12(6-3-9-13)7-4-10-13/h1-10H2/q+1. The minimum absolute atomic E-state index is 0.334. The zero-order valence-corrected chi connectivity index (χ0v) is 10.1. The molecule has 3 heteroatoms. The fourth-order valence-corrected chi connectivity index (χ4v) is 8.52. The molecule has 0 spiro atoms. The average molecular weight is 221 g/mol. The molecule has 0 radical (unpaired) electrons. The highest BCUT2D eigenvalue weighted by Crippen LogP contribution is 2.64. The van der Waals surface area contributed by atoms with Crippen LogP contribution in [0.2, 0.25) is 0 Å². The van der Waals surface area contributed by atoms with E-state index in [1.807, 2.05) is 0 Å². The van der Waals surface area contributed by atoms with Crippen LogP contribution in [0.5, 0.6) is 0 Å². The van der Waals surface area contributed by atoms with Crippen molar-refractivity contribution in [2.75, 3.05) is 37.0 Å². The molecule has 0 aromatic carbocycles. The minimum Gasteiger partial charge on any atom is -0.106 e. The number of hydrogen-bond acceptors (Lipinski definition) is 0. The van der Waals surface area contributed by atoms with Gasteiger partial charge in [0.15, 0.2) is 0 Å². The van der Waals surface area contributed by atoms with Gasteiger partial charge < -0.3 is 0 Å². The van der Waals surface area contributed by atoms with Crippen LogP contribution in [-0.4, -0.2) is 37.0 Å². The summed E-state index contributed by atoms with van der Waals surface area (Å²) in [5.41, 5.74) is 0. The van der Waals surface area contributed by atoms with E-state index in [1.165, 1.54) is 44.2 Å². The molecule has 0 N–H and O–H groups in total. The molecule has 3 aliphatic heterocycles. The Morgan fingerprint density at radius 3 is 2.00 bits per heavy atom. The fraction of sp³-hybridized carbons (Fsp3) is 1.00. The molecule has 0 aromatic heterocycles. The van der Waals surface area contributed by atoms with E-state index in [0.717, 1.165) is 18.5 Å². The lowest BCUT2D eigenvalue weighted by Gasteiger charge is -2.21. The Hall–Kier alpha value is 0.790. The molecule has 0 atom stereocenters. The molecule has 0 aromatic rings. The second kappa shape index (κ2) is 4.54. The SMILES string of the molecule is F[P+]12CCCCP(CCC1)CCC2. The molecule has 3 saturated heterocycles. The maximum atomic E-state index is 14.3. The van der Waals surface area contributed by atoms with Gasteiger partial charge in [-0.25, -0.2) is 0 Å². The fourth-order valence-electron chi connectivity index (χ4n) is 2.56. The van der Waals surface area contributed by atoms with Gasteiger partial charge in [0.1, 0.15) is 0 Å². The summed E-state index contributed by atoms with van der Waals surface area (Å²) in [4.78, 5) is 0. The highest BCUT2D eigenvalue weighted by molar-refractivity contribution is 7.71. The van der Waals surface area contributed by atoms with Gasteiger partial charge in [-0.3, -0.25) is 0 Å². The predicted molar refractivity (Wildman–Crippen MR) is 62.6 cm³/mol. The molecule has 2 bridgehead atoms. The molecule has 0 unspecified atom stereocenters. The predicted octanol–water partition coefficient (Wildman–Crippen LogP) is 3.96. The van der Waals surface area contributed by atoms with Gasteiger partial charge in [-0.1, -0.05) is 4.20 Å². The molecule has 13 heavy (non-hydrogen) atoms. The highest BCUT2D eigenvalue weighted by Gasteiger charge is 2.39. The van der Waals surface area contributed by atoms with Crippen molar-refractivity contribution in [3.8, 4) is 0 Å². The lowest BCUT2D eigenvalue weighted by Crippen LogP contribution is -2.08. The third kappa shape index (κ3) is 2.87. The first-order valence-corrected chi connectivity index (χ1v) is 9.70. The van der Waals surface area contributed by atoms with Crippen LogP contribution >= 0.6 is 15.5 Å². The van der Waals surface area contributed by atoms with E-state index in [-0.39, 0.29) is 0 Å². The van der Waals surface area contributed by atoms with Crippen LogP contribution in [0.15, 0.2) is 0 Å². The van der Waals surface area contributed by atoms with Gasteiger partial charge in [-0.15, -0.1) is 7.92 Å². The van der Waals surface area contributed by atoms with Gasteiger partial charge in [-0.2, -0.15) is 0 Å². The molecule has 0 nitrogen and oxygen atoms in total. The van der Waals surface area contributed by atoms with Crippen LogP contribution < -0.4 is 0 Å². The molecule has 3 fully saturated rings. The van der Waals surface area contributed by atoms with Gasteiger partial charge in [0, 0.05) is 0 Å². The first kappa shape index (κ1) is 10.3. The molecule has 76 valence electrons. The minimum atomic E-state index is -1.91. The molecule has 0 amide bonds. The maximum Gasteiger partial charge on any atom is 0.202 e. The lowest BCUT2D eigenvalue weighted by molar-refractivity contribution is 0.791. The third-order valence-corrected chi connectivity index (χ3v) is 9.55. The van der Waals surface area contributed by atoms with E-state index in [4.69, 9.17) is 0 Å². The molecule has 3 heterocycles. The van der Waals surface area contributed by atoms with Crippen molar-refractivity contribution in [2.45, 2.75) is 25.7 Å². The van der Waals surface area contributed by atoms with Crippen molar-refractivity contribution < 1.29 is 4.20 Å². The summed E-state index contributed by atoms with van der Waals surface area (Å²) in [6.07, 6.45) is 12.1. The summed E-state index contributed by atoms with van der Waals surface area (Å²) in [6.45, 7) is 0. The zero-order valence-electron chi connectivity index (χ0n) is 8.34. The topological polar surface area (TPSA) is 0 Å². The van der Waals surface area contributed by atoms with Gasteiger partial charge in [-0.05, 0) is 44.2 Å². The number of hydrogen-bond donors (Lipinski definition) is 0. The second-order valence-corrected chi connectivity index (χ2v) is 10.5. The monoisotopic (exact) mass is 221 g/mol. The number of rotatable bonds is 0. The third-order valence-electron chi connectivity index (χ3n) is 3.35. The van der Waals surface area contributed by atoms with Crippen LogP contribution in [0.4, 0.5) is 4.20 Å². The molecule has 3 rings (SSSR count). The first-order chi connectivity index (χ1) is 6.29. The molecular formula is C10H20FP2+. The van der Waals surface area contributed by atoms with Crippen LogP contribution in [0, 0.1) is 0 Å². The summed E-state index contributed by atoms with van der Waals surface area (Å²) in [5.74, 6) is 0. The van der Waals surface area contributed by atoms with Crippen LogP contribution in [0.25, 0.3) is 0 Å². The Labute approximate surface area is 82.9 Å². The smallest absolute Gasteiger partial charge is 0.106 e. The molecular weight excluding hydrogens is 201 g/mol. The largest absolute Gasteiger partial charge is 0.202 e. The van der Waals surface area contributed by atoms with E-state index in [1.54, 1.807) is 0 Å². The summed E-state index contributed by atoms with van der Waals surface area (Å²) in [7, 11) is -1.58. The summed E-state index contributed by atoms with van der Waals surface area (Å²) < 4.78 is 14.3. The Morgan fingerprint density at radius 1 is 0.769 bits per heavy atom. The van der Waals surface area contributed by atoms with Crippen LogP contribution in [-0.2, 0) is 0 Å². The van der Waals surface area contributed by atoms with E-state index in [0.29, 0.717) is 7.92 Å². The van der Waals surface area contributed by atoms with E-state index in [2.05, 4.69) is 0 Å². The Balaban J connectivity index is 2.05. The lowest BCUT2D eigenvalue weighted by atomic mass is 10.4. The zero-order chi connectivity index (χ0) is 9.15. The van der Waals surface area contributed by atoms with Crippen LogP contribution in [0.1, 0.15) is 25.7 Å². The van der Waals surface area contributed by atoms with Crippen molar-refractivity contribution in [1.82, 2.24) is 0 Å². The van der Waals surface area contributed by atoms with Crippen molar-refractivity contribution in [3.05, 3.63) is 0 Å². The van der Waals surface area contributed by atoms with Gasteiger partial charge >= 0.3 is 0 Å². The Kier molecular flexibility index (Phi) is 3.60. The quantitative estimate of drug-likeness (QED) is 0.543. The Morgan fingerprint density at radius 2 is 1.31 bits per heavy atom. The van der Waals surface area contributed by atoms with Gasteiger partial charge in [0.2, 0.25) is 7.57 Å². The van der Waals surface area contributed by atoms with E-state index < -0.39 is 7.57 Å². The van der Waals surface area contributed by atoms with Crippen molar-refractivity contribution in [1.29, 1.82) is 0 Å². The summed E-state index contributed by atoms with van der Waals surface area (Å²) in [6, 6.07) is 0. The highest BCUT2D eigenvalue weighted by atomic mass is 31.2. The van der Waals surface area contributed by atoms with E-state index in [9.17, 15) is 4.20 Å². The summed E-state index contributed by atoms with van der Waals surface area (Å²) in [5, 5.41) is 0. The average Bonchev–Trinajstić information content (AvgIpc) is 2.20. The van der Waals surface area contributed by atoms with Gasteiger partial charge in [0.05, 0.1) is 18.5 Å². The van der Waals surface area contributed by atoms with Crippen molar-refractivity contribution in [3.63, 3.8) is 0 Å². The van der Waals surface area contributed by atoms with Crippen molar-refractivity contribution in [2.24, 2.45) is 0 Å². The van der Waals surface area contributed by atoms with Crippen molar-refractivity contribution >= 4 is 15.5 Å². The summed E-state index contributed by atoms with van der Waals surface area (Å²) >= 11 is 0. The van der Waals surface area contributed by atoms with Gasteiger partial charge in [0.25, 0.3) is 0 Å². The van der Waals surface area contributed by atoms with E-state index >= 15 is 0 Å². The second-order valence-electron chi connectivity index (χ2n) is 4.46. The molecule has 0 saturated carbocycles. The maximum absolute atomic E-state index is 14.3. The first-order valence-electron chi connectivity index (χ1n) is 5.57. The number of halogens is 1.